The average molecular weight is 483 g/mol. The number of pyridine rings is 1. The van der Waals surface area contributed by atoms with Crippen molar-refractivity contribution in [2.24, 2.45) is 5.73 Å². The Bertz CT molecular complexity index is 1010. The molecule has 1 atom stereocenters. The predicted octanol–water partition coefficient (Wildman–Crippen LogP) is 3.12. The first-order chi connectivity index (χ1) is 16.6. The molecule has 0 radical (unpaired) electrons. The number of benzene rings is 1. The molecule has 1 aromatic heterocycles. The number of nitrogens with one attached hydrogen (secondary N) is 2. The fraction of sp³-hybridized carbons (Fsp3) is 0.462. The highest BCUT2D eigenvalue weighted by Crippen LogP contribution is 2.25. The van der Waals surface area contributed by atoms with Gasteiger partial charge in [0.25, 0.3) is 5.91 Å². The third-order valence-electron chi connectivity index (χ3n) is 5.63. The van der Waals surface area contributed by atoms with Gasteiger partial charge < -0.3 is 25.8 Å². The molecule has 1 fully saturated rings. The van der Waals surface area contributed by atoms with Gasteiger partial charge in [0.15, 0.2) is 0 Å². The minimum absolute atomic E-state index is 0.0552. The molecule has 3 amide bonds. The highest BCUT2D eigenvalue weighted by molar-refractivity contribution is 5.94. The molecule has 188 valence electrons. The summed E-state index contributed by atoms with van der Waals surface area (Å²) in [5.41, 5.74) is 5.92. The van der Waals surface area contributed by atoms with Crippen molar-refractivity contribution < 1.29 is 23.9 Å². The van der Waals surface area contributed by atoms with Gasteiger partial charge in [-0.1, -0.05) is 30.3 Å². The van der Waals surface area contributed by atoms with Gasteiger partial charge in [-0.25, -0.2) is 9.78 Å². The number of aromatic nitrogens is 1. The molecule has 0 bridgehead atoms. The van der Waals surface area contributed by atoms with Crippen LogP contribution in [-0.4, -0.2) is 46.7 Å². The second-order valence-electron chi connectivity index (χ2n) is 9.71. The SMILES string of the molecule is CC(C)(C)OC(=O)N[C@@H](Cc1ccccc1)C(=O)N[C@H]1CC[C@H](Oc2ncccc2C(N)=O)CC1. The molecule has 1 aliphatic rings. The van der Waals surface area contributed by atoms with Crippen LogP contribution in [0, 0.1) is 0 Å². The first kappa shape index (κ1) is 26.0. The number of carbonyl (C=O) groups is 3. The van der Waals surface area contributed by atoms with E-state index in [0.717, 1.165) is 5.56 Å². The van der Waals surface area contributed by atoms with Crippen LogP contribution < -0.4 is 21.1 Å². The minimum Gasteiger partial charge on any atom is -0.474 e. The minimum atomic E-state index is -0.770. The summed E-state index contributed by atoms with van der Waals surface area (Å²) >= 11 is 0. The summed E-state index contributed by atoms with van der Waals surface area (Å²) in [6.07, 6.45) is 3.89. The topological polar surface area (TPSA) is 133 Å². The van der Waals surface area contributed by atoms with Gasteiger partial charge >= 0.3 is 6.09 Å². The number of nitrogens with zero attached hydrogens (tertiary/aromatic N) is 1. The van der Waals surface area contributed by atoms with Gasteiger partial charge in [0.05, 0.1) is 0 Å². The van der Waals surface area contributed by atoms with Crippen LogP contribution in [-0.2, 0) is 16.0 Å². The summed E-state index contributed by atoms with van der Waals surface area (Å²) < 4.78 is 11.3. The summed E-state index contributed by atoms with van der Waals surface area (Å²) in [5.74, 6) is -0.613. The van der Waals surface area contributed by atoms with Crippen molar-refractivity contribution in [1.29, 1.82) is 0 Å². The Balaban J connectivity index is 1.57. The van der Waals surface area contributed by atoms with E-state index in [1.54, 1.807) is 39.1 Å². The lowest BCUT2D eigenvalue weighted by molar-refractivity contribution is -0.124. The van der Waals surface area contributed by atoms with E-state index in [1.165, 1.54) is 0 Å². The molecule has 0 aliphatic heterocycles. The van der Waals surface area contributed by atoms with Crippen LogP contribution in [0.2, 0.25) is 0 Å². The third kappa shape index (κ3) is 8.27. The van der Waals surface area contributed by atoms with Crippen molar-refractivity contribution in [3.63, 3.8) is 0 Å². The molecule has 35 heavy (non-hydrogen) atoms. The molecule has 0 unspecified atom stereocenters. The third-order valence-corrected chi connectivity index (χ3v) is 5.63. The number of carbonyl (C=O) groups excluding carboxylic acids is 3. The number of amides is 3. The van der Waals surface area contributed by atoms with Crippen LogP contribution in [0.5, 0.6) is 5.88 Å². The van der Waals surface area contributed by atoms with E-state index in [1.807, 2.05) is 30.3 Å². The number of rotatable bonds is 8. The van der Waals surface area contributed by atoms with Gasteiger partial charge in [-0.15, -0.1) is 0 Å². The highest BCUT2D eigenvalue weighted by Gasteiger charge is 2.29. The van der Waals surface area contributed by atoms with Crippen LogP contribution in [0.4, 0.5) is 4.79 Å². The van der Waals surface area contributed by atoms with E-state index in [-0.39, 0.29) is 29.5 Å². The molecule has 2 aromatic rings. The summed E-state index contributed by atoms with van der Waals surface area (Å²) in [7, 11) is 0. The van der Waals surface area contributed by atoms with E-state index in [4.69, 9.17) is 15.2 Å². The maximum Gasteiger partial charge on any atom is 0.408 e. The fourth-order valence-corrected chi connectivity index (χ4v) is 3.97. The zero-order valence-corrected chi connectivity index (χ0v) is 20.5. The van der Waals surface area contributed by atoms with Crippen molar-refractivity contribution in [2.75, 3.05) is 0 Å². The molecule has 9 nitrogen and oxygen atoms in total. The van der Waals surface area contributed by atoms with Gasteiger partial charge in [-0.3, -0.25) is 9.59 Å². The Morgan fingerprint density at radius 3 is 2.37 bits per heavy atom. The molecule has 3 rings (SSSR count). The lowest BCUT2D eigenvalue weighted by Crippen LogP contribution is -2.52. The maximum atomic E-state index is 13.1. The Morgan fingerprint density at radius 1 is 1.06 bits per heavy atom. The quantitative estimate of drug-likeness (QED) is 0.530. The smallest absolute Gasteiger partial charge is 0.408 e. The Labute approximate surface area is 205 Å². The van der Waals surface area contributed by atoms with Crippen LogP contribution in [0.1, 0.15) is 62.4 Å². The number of alkyl carbamates (subject to hydrolysis) is 1. The normalized spacial score (nSPS) is 18.7. The van der Waals surface area contributed by atoms with Crippen molar-refractivity contribution in [1.82, 2.24) is 15.6 Å². The first-order valence-corrected chi connectivity index (χ1v) is 11.9. The summed E-state index contributed by atoms with van der Waals surface area (Å²) in [5, 5.41) is 5.79. The molecule has 0 saturated heterocycles. The van der Waals surface area contributed by atoms with Crippen molar-refractivity contribution in [2.45, 2.75) is 76.7 Å². The molecule has 0 spiro atoms. The van der Waals surface area contributed by atoms with Gasteiger partial charge in [-0.2, -0.15) is 0 Å². The molecule has 1 saturated carbocycles. The van der Waals surface area contributed by atoms with E-state index in [9.17, 15) is 14.4 Å². The Morgan fingerprint density at radius 2 is 1.74 bits per heavy atom. The first-order valence-electron chi connectivity index (χ1n) is 11.9. The fourth-order valence-electron chi connectivity index (χ4n) is 3.97. The zero-order valence-electron chi connectivity index (χ0n) is 20.5. The van der Waals surface area contributed by atoms with E-state index < -0.39 is 23.6 Å². The number of hydrogen-bond donors (Lipinski definition) is 3. The van der Waals surface area contributed by atoms with Gasteiger partial charge in [0, 0.05) is 18.7 Å². The molecular formula is C26H34N4O5. The maximum absolute atomic E-state index is 13.1. The molecule has 1 aromatic carbocycles. The van der Waals surface area contributed by atoms with Crippen LogP contribution in [0.25, 0.3) is 0 Å². The van der Waals surface area contributed by atoms with Crippen molar-refractivity contribution in [3.8, 4) is 5.88 Å². The van der Waals surface area contributed by atoms with Gasteiger partial charge in [0.1, 0.15) is 23.3 Å². The lowest BCUT2D eigenvalue weighted by atomic mass is 9.92. The number of primary amides is 1. The predicted molar refractivity (Wildman–Crippen MR) is 131 cm³/mol. The van der Waals surface area contributed by atoms with Gasteiger partial charge in [0.2, 0.25) is 11.8 Å². The van der Waals surface area contributed by atoms with Crippen molar-refractivity contribution >= 4 is 17.9 Å². The summed E-state index contributed by atoms with van der Waals surface area (Å²) in [6, 6.07) is 11.9. The van der Waals surface area contributed by atoms with E-state index in [0.29, 0.717) is 32.1 Å². The second-order valence-corrected chi connectivity index (χ2v) is 9.71. The van der Waals surface area contributed by atoms with Crippen LogP contribution >= 0.6 is 0 Å². The largest absolute Gasteiger partial charge is 0.474 e. The highest BCUT2D eigenvalue weighted by atomic mass is 16.6. The van der Waals surface area contributed by atoms with E-state index >= 15 is 0 Å². The molecule has 4 N–H and O–H groups in total. The second kappa shape index (κ2) is 11.7. The molecule has 1 aliphatic carbocycles. The molecule has 9 heteroatoms. The molecule has 1 heterocycles. The Hall–Kier alpha value is -3.62. The number of hydrogen-bond acceptors (Lipinski definition) is 6. The zero-order chi connectivity index (χ0) is 25.4. The average Bonchev–Trinajstić information content (AvgIpc) is 2.79. The summed E-state index contributed by atoms with van der Waals surface area (Å²) in [4.78, 5) is 41.2. The monoisotopic (exact) mass is 482 g/mol. The van der Waals surface area contributed by atoms with Crippen LogP contribution in [0.15, 0.2) is 48.7 Å². The molecular weight excluding hydrogens is 448 g/mol. The number of ether oxygens (including phenoxy) is 2. The standard InChI is InChI=1S/C26H34N4O5/c1-26(2,3)35-25(33)30-21(16-17-8-5-4-6-9-17)23(32)29-18-11-13-19(14-12-18)34-24-20(22(27)31)10-7-15-28-24/h4-10,15,18-19,21H,11-14,16H2,1-3H3,(H2,27,31)(H,29,32)(H,30,33)/t18-,19-,21-/m0/s1. The van der Waals surface area contributed by atoms with E-state index in [2.05, 4.69) is 15.6 Å². The van der Waals surface area contributed by atoms with Gasteiger partial charge in [-0.05, 0) is 64.2 Å². The number of nitrogens with two attached hydrogens (primary N) is 1. The van der Waals surface area contributed by atoms with Crippen LogP contribution in [0.3, 0.4) is 0 Å². The van der Waals surface area contributed by atoms with Crippen molar-refractivity contribution in [3.05, 3.63) is 59.8 Å². The lowest BCUT2D eigenvalue weighted by Gasteiger charge is -2.31. The Kier molecular flexibility index (Phi) is 8.68. The summed E-state index contributed by atoms with van der Waals surface area (Å²) in [6.45, 7) is 5.32.